The Bertz CT molecular complexity index is 411. The van der Waals surface area contributed by atoms with Crippen LogP contribution in [0.2, 0.25) is 0 Å². The molecule has 0 aromatic carbocycles. The molecule has 0 radical (unpaired) electrons. The summed E-state index contributed by atoms with van der Waals surface area (Å²) in [5, 5.41) is 1.92. The van der Waals surface area contributed by atoms with Crippen LogP contribution in [0.15, 0.2) is 24.6 Å². The molecule has 86 valence electrons. The van der Waals surface area contributed by atoms with Gasteiger partial charge in [-0.15, -0.1) is 0 Å². The van der Waals surface area contributed by atoms with E-state index in [9.17, 15) is 0 Å². The van der Waals surface area contributed by atoms with Gasteiger partial charge in [0.15, 0.2) is 0 Å². The van der Waals surface area contributed by atoms with Crippen LogP contribution >= 0.6 is 55.4 Å². The average molecular weight is 514 g/mol. The summed E-state index contributed by atoms with van der Waals surface area (Å²) < 4.78 is 16.8. The van der Waals surface area contributed by atoms with E-state index in [1.54, 1.807) is 26.9 Å². The molecule has 3 heterocycles. The molecule has 3 rings (SSSR count). The maximum atomic E-state index is 5.58. The van der Waals surface area contributed by atoms with Crippen LogP contribution < -0.4 is 0 Å². The first kappa shape index (κ1) is 12.5. The van der Waals surface area contributed by atoms with Gasteiger partial charge in [0, 0.05) is 0 Å². The standard InChI is InChI=1S/C8H4Br2O2S2Se2/c9-3-4(10)16-8(15-3)7-13-5-6(14-7)12-2-1-11-5/h1-2H2. The van der Waals surface area contributed by atoms with Gasteiger partial charge in [-0.2, -0.15) is 0 Å². The Kier molecular flexibility index (Phi) is 4.12. The molecule has 0 fully saturated rings. The third-order valence-corrected chi connectivity index (χ3v) is 15.2. The predicted octanol–water partition coefficient (Wildman–Crippen LogP) is 3.10. The molecule has 0 saturated carbocycles. The average Bonchev–Trinajstić information content (AvgIpc) is 2.83. The van der Waals surface area contributed by atoms with Crippen LogP contribution in [-0.2, 0) is 9.47 Å². The van der Waals surface area contributed by atoms with E-state index in [1.165, 1.54) is 11.0 Å². The summed E-state index contributed by atoms with van der Waals surface area (Å²) in [6, 6.07) is 0. The summed E-state index contributed by atoms with van der Waals surface area (Å²) in [5.41, 5.74) is 0. The third-order valence-electron chi connectivity index (χ3n) is 1.77. The first-order valence-corrected chi connectivity index (χ1v) is 10.9. The second-order valence-corrected chi connectivity index (χ2v) is 14.6. The Morgan fingerprint density at radius 3 is 1.94 bits per heavy atom. The van der Waals surface area contributed by atoms with E-state index in [1.807, 2.05) is 0 Å². The molecule has 0 N–H and O–H groups in total. The normalized spacial score (nSPS) is 24.9. The molecule has 0 atom stereocenters. The van der Waals surface area contributed by atoms with Crippen molar-refractivity contribution in [2.45, 2.75) is 0 Å². The fourth-order valence-electron chi connectivity index (χ4n) is 1.15. The molecular formula is C8H4Br2O2S2Se2. The summed E-state index contributed by atoms with van der Waals surface area (Å²) in [6.07, 6.45) is 0. The third kappa shape index (κ3) is 2.45. The molecule has 0 bridgehead atoms. The quantitative estimate of drug-likeness (QED) is 0.463. The zero-order valence-corrected chi connectivity index (χ0v) is 15.9. The van der Waals surface area contributed by atoms with Gasteiger partial charge in [0.2, 0.25) is 0 Å². The maximum absolute atomic E-state index is 5.58. The molecular weight excluding hydrogens is 510 g/mol. The molecule has 3 aliphatic heterocycles. The molecule has 0 aromatic heterocycles. The van der Waals surface area contributed by atoms with Crippen LogP contribution in [0, 0.1) is 0 Å². The second kappa shape index (κ2) is 5.25. The molecule has 0 unspecified atom stereocenters. The van der Waals surface area contributed by atoms with E-state index in [0.717, 1.165) is 10.2 Å². The molecule has 8 heteroatoms. The van der Waals surface area contributed by atoms with Crippen molar-refractivity contribution in [3.8, 4) is 0 Å². The predicted molar refractivity (Wildman–Crippen MR) is 77.5 cm³/mol. The molecule has 0 amide bonds. The van der Waals surface area contributed by atoms with E-state index in [-0.39, 0.29) is 0 Å². The first-order chi connectivity index (χ1) is 7.74. The van der Waals surface area contributed by atoms with Gasteiger partial charge in [-0.25, -0.2) is 0 Å². The number of halogens is 2. The Labute approximate surface area is 131 Å². The minimum atomic E-state index is 0.447. The van der Waals surface area contributed by atoms with Gasteiger partial charge >= 0.3 is 133 Å². The molecule has 0 spiro atoms. The Morgan fingerprint density at radius 1 is 0.938 bits per heavy atom. The van der Waals surface area contributed by atoms with Gasteiger partial charge in [-0.1, -0.05) is 0 Å². The monoisotopic (exact) mass is 514 g/mol. The van der Waals surface area contributed by atoms with Crippen molar-refractivity contribution < 1.29 is 9.47 Å². The van der Waals surface area contributed by atoms with Crippen molar-refractivity contribution in [2.75, 3.05) is 13.2 Å². The second-order valence-electron chi connectivity index (χ2n) is 2.80. The van der Waals surface area contributed by atoms with Crippen molar-refractivity contribution >= 4 is 85.3 Å². The minimum absolute atomic E-state index is 0.447. The molecule has 0 saturated heterocycles. The van der Waals surface area contributed by atoms with E-state index < -0.39 is 0 Å². The zero-order chi connectivity index (χ0) is 11.1. The molecule has 0 aliphatic carbocycles. The van der Waals surface area contributed by atoms with Gasteiger partial charge in [-0.05, 0) is 0 Å². The van der Waals surface area contributed by atoms with Gasteiger partial charge in [0.25, 0.3) is 0 Å². The summed E-state index contributed by atoms with van der Waals surface area (Å²) in [6.45, 7) is 1.36. The van der Waals surface area contributed by atoms with E-state index in [0.29, 0.717) is 43.1 Å². The Balaban J connectivity index is 1.79. The molecule has 2 nitrogen and oxygen atoms in total. The Hall–Kier alpha value is 1.52. The van der Waals surface area contributed by atoms with Crippen LogP contribution in [0.25, 0.3) is 0 Å². The summed E-state index contributed by atoms with van der Waals surface area (Å²) >= 11 is 11.6. The fraction of sp³-hybridized carbons (Fsp3) is 0.250. The van der Waals surface area contributed by atoms with Crippen molar-refractivity contribution in [2.24, 2.45) is 0 Å². The van der Waals surface area contributed by atoms with Gasteiger partial charge in [-0.3, -0.25) is 0 Å². The number of hydrogen-bond acceptors (Lipinski definition) is 4. The van der Waals surface area contributed by atoms with Crippen LogP contribution in [-0.4, -0.2) is 43.1 Å². The van der Waals surface area contributed by atoms with Crippen LogP contribution in [0.5, 0.6) is 0 Å². The van der Waals surface area contributed by atoms with Gasteiger partial charge < -0.3 is 0 Å². The fourth-order valence-corrected chi connectivity index (χ4v) is 14.7. The van der Waals surface area contributed by atoms with Crippen molar-refractivity contribution in [3.63, 3.8) is 0 Å². The van der Waals surface area contributed by atoms with Crippen LogP contribution in [0.1, 0.15) is 0 Å². The van der Waals surface area contributed by atoms with Crippen molar-refractivity contribution in [1.82, 2.24) is 0 Å². The van der Waals surface area contributed by atoms with Crippen molar-refractivity contribution in [3.05, 3.63) is 24.6 Å². The number of ether oxygens (including phenoxy) is 2. The van der Waals surface area contributed by atoms with Crippen LogP contribution in [0.4, 0.5) is 0 Å². The molecule has 16 heavy (non-hydrogen) atoms. The topological polar surface area (TPSA) is 18.5 Å². The van der Waals surface area contributed by atoms with Crippen molar-refractivity contribution in [1.29, 1.82) is 0 Å². The summed E-state index contributed by atoms with van der Waals surface area (Å²) in [7, 11) is 0. The summed E-state index contributed by atoms with van der Waals surface area (Å²) in [5.74, 6) is 0. The van der Waals surface area contributed by atoms with Gasteiger partial charge in [0.1, 0.15) is 0 Å². The van der Waals surface area contributed by atoms with Gasteiger partial charge in [0.05, 0.1) is 0 Å². The first-order valence-electron chi connectivity index (χ1n) is 4.25. The number of thioether (sulfide) groups is 2. The molecule has 0 aromatic rings. The number of hydrogen-bond donors (Lipinski definition) is 0. The van der Waals surface area contributed by atoms with E-state index in [4.69, 9.17) is 9.47 Å². The zero-order valence-electron chi connectivity index (χ0n) is 7.62. The summed E-state index contributed by atoms with van der Waals surface area (Å²) in [4.78, 5) is 0. The number of rotatable bonds is 0. The van der Waals surface area contributed by atoms with E-state index in [2.05, 4.69) is 31.9 Å². The van der Waals surface area contributed by atoms with Crippen LogP contribution in [0.3, 0.4) is 0 Å². The SMILES string of the molecule is BrC1=C(Br)[Se]C(=C2SC3=C(OCCO3)S2)[Se]1. The Morgan fingerprint density at radius 2 is 1.44 bits per heavy atom. The van der Waals surface area contributed by atoms with E-state index >= 15 is 0 Å². The molecule has 3 aliphatic rings.